The minimum absolute atomic E-state index is 0.0304. The average Bonchev–Trinajstić information content (AvgIpc) is 3.54. The van der Waals surface area contributed by atoms with Gasteiger partial charge in [0.1, 0.15) is 11.5 Å². The smallest absolute Gasteiger partial charge is 0.225 e. The SMILES string of the molecule is C[Si](C)OC(C1CCCC1)C(CCCCc1ccc(C(C)(C)C)c(NC(=O)CC2c3ccccc3Oc3ccccc32)c1)C(C)(C)C. The fourth-order valence-corrected chi connectivity index (χ4v) is 8.87. The van der Waals surface area contributed by atoms with Gasteiger partial charge in [0.05, 0.1) is 6.10 Å². The number of benzene rings is 3. The van der Waals surface area contributed by atoms with Crippen LogP contribution in [0, 0.1) is 17.3 Å². The van der Waals surface area contributed by atoms with E-state index < -0.39 is 9.04 Å². The van der Waals surface area contributed by atoms with Crippen LogP contribution in [0.2, 0.25) is 13.1 Å². The van der Waals surface area contributed by atoms with Crippen LogP contribution in [0.25, 0.3) is 0 Å². The zero-order valence-electron chi connectivity index (χ0n) is 30.2. The first-order valence-electron chi connectivity index (χ1n) is 18.1. The summed E-state index contributed by atoms with van der Waals surface area (Å²) in [5.41, 5.74) is 5.67. The average molecular weight is 653 g/mol. The number of amides is 1. The highest BCUT2D eigenvalue weighted by Crippen LogP contribution is 2.46. The molecule has 2 atom stereocenters. The summed E-state index contributed by atoms with van der Waals surface area (Å²) in [4.78, 5) is 13.8. The molecule has 253 valence electrons. The van der Waals surface area contributed by atoms with Crippen molar-refractivity contribution in [2.75, 3.05) is 5.32 Å². The van der Waals surface area contributed by atoms with Crippen molar-refractivity contribution in [3.63, 3.8) is 0 Å². The molecule has 1 N–H and O–H groups in total. The van der Waals surface area contributed by atoms with Gasteiger partial charge in [-0.15, -0.1) is 0 Å². The maximum Gasteiger partial charge on any atom is 0.225 e. The lowest BCUT2D eigenvalue weighted by molar-refractivity contribution is -0.116. The molecule has 2 unspecified atom stereocenters. The number of hydrogen-bond donors (Lipinski definition) is 1. The number of aryl methyl sites for hydroxylation is 1. The highest BCUT2D eigenvalue weighted by Gasteiger charge is 2.38. The Bertz CT molecular complexity index is 1450. The number of ether oxygens (including phenoxy) is 1. The van der Waals surface area contributed by atoms with Crippen molar-refractivity contribution >= 4 is 20.6 Å². The Morgan fingerprint density at radius 3 is 2.09 bits per heavy atom. The highest BCUT2D eigenvalue weighted by atomic mass is 28.3. The molecule has 3 aromatic rings. The van der Waals surface area contributed by atoms with Gasteiger partial charge < -0.3 is 14.5 Å². The molecular weight excluding hydrogens is 595 g/mol. The fourth-order valence-electron chi connectivity index (χ4n) is 7.97. The Morgan fingerprint density at radius 2 is 1.51 bits per heavy atom. The van der Waals surface area contributed by atoms with Gasteiger partial charge >= 0.3 is 0 Å². The van der Waals surface area contributed by atoms with Crippen molar-refractivity contribution in [3.05, 3.63) is 89.0 Å². The van der Waals surface area contributed by atoms with Crippen molar-refractivity contribution < 1.29 is 14.0 Å². The highest BCUT2D eigenvalue weighted by molar-refractivity contribution is 6.48. The van der Waals surface area contributed by atoms with E-state index >= 15 is 0 Å². The Hall–Kier alpha value is -2.89. The zero-order chi connectivity index (χ0) is 33.8. The van der Waals surface area contributed by atoms with E-state index in [2.05, 4.69) is 90.3 Å². The minimum atomic E-state index is -0.756. The van der Waals surface area contributed by atoms with E-state index in [0.717, 1.165) is 47.1 Å². The maximum atomic E-state index is 13.8. The molecule has 1 amide bonds. The molecule has 5 heteroatoms. The number of hydrogen-bond acceptors (Lipinski definition) is 3. The lowest BCUT2D eigenvalue weighted by atomic mass is 9.71. The summed E-state index contributed by atoms with van der Waals surface area (Å²) in [6, 6.07) is 22.9. The third-order valence-electron chi connectivity index (χ3n) is 10.3. The first-order valence-corrected chi connectivity index (χ1v) is 20.5. The van der Waals surface area contributed by atoms with E-state index in [-0.39, 0.29) is 22.7 Å². The standard InChI is InChI=1S/C42H58NO3Si/c1-41(2,3)34-26-25-29(17-9-14-22-35(42(4,5)6)40(46-47(7)8)30-18-10-11-19-30)27-36(34)43-39(44)28-33-31-20-12-15-23-37(31)45-38-24-16-13-21-32(33)38/h12-13,15-16,20-21,23-27,30,33,35,40H,9-11,14,17-19,22,28H2,1-8H3,(H,43,44). The molecule has 0 aromatic heterocycles. The van der Waals surface area contributed by atoms with Crippen molar-refractivity contribution in [1.29, 1.82) is 0 Å². The predicted octanol–water partition coefficient (Wildman–Crippen LogP) is 11.5. The number of carbonyl (C=O) groups excluding carboxylic acids is 1. The van der Waals surface area contributed by atoms with E-state index in [1.807, 2.05) is 36.4 Å². The van der Waals surface area contributed by atoms with Crippen molar-refractivity contribution in [2.24, 2.45) is 17.3 Å². The van der Waals surface area contributed by atoms with Crippen LogP contribution in [0.15, 0.2) is 66.7 Å². The Morgan fingerprint density at radius 1 is 0.894 bits per heavy atom. The van der Waals surface area contributed by atoms with Crippen molar-refractivity contribution in [2.45, 2.75) is 130 Å². The Kier molecular flexibility index (Phi) is 11.4. The molecule has 2 aliphatic rings. The molecule has 1 aliphatic carbocycles. The summed E-state index contributed by atoms with van der Waals surface area (Å²) >= 11 is 0. The number of para-hydroxylation sites is 2. The second-order valence-corrected chi connectivity index (χ2v) is 18.4. The molecule has 1 heterocycles. The van der Waals surface area contributed by atoms with Gasteiger partial charge in [0.25, 0.3) is 0 Å². The minimum Gasteiger partial charge on any atom is -0.457 e. The number of unbranched alkanes of at least 4 members (excludes halogenated alkanes) is 1. The van der Waals surface area contributed by atoms with Gasteiger partial charge in [-0.05, 0) is 97.2 Å². The second kappa shape index (κ2) is 15.1. The van der Waals surface area contributed by atoms with Gasteiger partial charge in [0, 0.05) is 29.2 Å². The van der Waals surface area contributed by atoms with E-state index in [1.165, 1.54) is 49.7 Å². The molecule has 4 nitrogen and oxygen atoms in total. The fraction of sp³-hybridized carbons (Fsp3) is 0.548. The molecule has 1 fully saturated rings. The van der Waals surface area contributed by atoms with Crippen LogP contribution >= 0.6 is 0 Å². The third-order valence-corrected chi connectivity index (χ3v) is 11.1. The summed E-state index contributed by atoms with van der Waals surface area (Å²) in [5, 5.41) is 3.37. The van der Waals surface area contributed by atoms with E-state index in [1.54, 1.807) is 0 Å². The maximum absolute atomic E-state index is 13.8. The molecule has 0 saturated heterocycles. The quantitative estimate of drug-likeness (QED) is 0.156. The first-order chi connectivity index (χ1) is 22.3. The lowest BCUT2D eigenvalue weighted by Crippen LogP contribution is -2.41. The van der Waals surface area contributed by atoms with Gasteiger partial charge in [0.2, 0.25) is 14.9 Å². The summed E-state index contributed by atoms with van der Waals surface area (Å²) in [5.74, 6) is 2.94. The van der Waals surface area contributed by atoms with Crippen LogP contribution in [0.4, 0.5) is 5.69 Å². The van der Waals surface area contributed by atoms with Gasteiger partial charge in [0.15, 0.2) is 0 Å². The van der Waals surface area contributed by atoms with Crippen LogP contribution in [-0.2, 0) is 21.1 Å². The molecule has 0 spiro atoms. The zero-order valence-corrected chi connectivity index (χ0v) is 31.2. The first kappa shape index (κ1) is 35.4. The largest absolute Gasteiger partial charge is 0.457 e. The van der Waals surface area contributed by atoms with Crippen LogP contribution < -0.4 is 10.1 Å². The lowest BCUT2D eigenvalue weighted by Gasteiger charge is -2.41. The molecule has 1 aliphatic heterocycles. The molecule has 0 bridgehead atoms. The third kappa shape index (κ3) is 8.97. The molecular formula is C42H58NO3Si. The van der Waals surface area contributed by atoms with Gasteiger partial charge in [-0.25, -0.2) is 0 Å². The topological polar surface area (TPSA) is 47.6 Å². The number of carbonyl (C=O) groups is 1. The van der Waals surface area contributed by atoms with Crippen LogP contribution in [-0.4, -0.2) is 21.1 Å². The van der Waals surface area contributed by atoms with Gasteiger partial charge in [-0.1, -0.05) is 109 Å². The summed E-state index contributed by atoms with van der Waals surface area (Å²) in [6.45, 7) is 18.5. The second-order valence-electron chi connectivity index (χ2n) is 16.4. The Labute approximate surface area is 286 Å². The number of anilines is 1. The number of nitrogens with one attached hydrogen (secondary N) is 1. The summed E-state index contributed by atoms with van der Waals surface area (Å²) in [6.07, 6.45) is 10.7. The molecule has 3 aromatic carbocycles. The van der Waals surface area contributed by atoms with Gasteiger partial charge in [-0.3, -0.25) is 4.79 Å². The van der Waals surface area contributed by atoms with Crippen LogP contribution in [0.1, 0.15) is 121 Å². The molecule has 1 saturated carbocycles. The van der Waals surface area contributed by atoms with E-state index in [9.17, 15) is 4.79 Å². The normalized spacial score (nSPS) is 16.8. The summed E-state index contributed by atoms with van der Waals surface area (Å²) in [7, 11) is -0.756. The van der Waals surface area contributed by atoms with Crippen LogP contribution in [0.5, 0.6) is 11.5 Å². The van der Waals surface area contributed by atoms with Crippen molar-refractivity contribution in [1.82, 2.24) is 0 Å². The summed E-state index contributed by atoms with van der Waals surface area (Å²) < 4.78 is 13.0. The predicted molar refractivity (Wildman–Crippen MR) is 198 cm³/mol. The molecule has 47 heavy (non-hydrogen) atoms. The van der Waals surface area contributed by atoms with Crippen LogP contribution in [0.3, 0.4) is 0 Å². The van der Waals surface area contributed by atoms with Gasteiger partial charge in [-0.2, -0.15) is 0 Å². The van der Waals surface area contributed by atoms with E-state index in [4.69, 9.17) is 9.16 Å². The monoisotopic (exact) mass is 652 g/mol. The number of fused-ring (bicyclic) bond motifs is 2. The number of rotatable bonds is 12. The molecule has 5 rings (SSSR count). The van der Waals surface area contributed by atoms with Crippen molar-refractivity contribution in [3.8, 4) is 11.5 Å². The Balaban J connectivity index is 1.28. The van der Waals surface area contributed by atoms with E-state index in [0.29, 0.717) is 18.4 Å². The molecule has 1 radical (unpaired) electrons.